The van der Waals surface area contributed by atoms with E-state index in [0.717, 1.165) is 22.8 Å². The van der Waals surface area contributed by atoms with Gasteiger partial charge in [-0.2, -0.15) is 5.10 Å². The third kappa shape index (κ3) is 3.79. The molecule has 2 aromatic heterocycles. The number of carbonyl (C=O) groups is 1. The van der Waals surface area contributed by atoms with Gasteiger partial charge < -0.3 is 10.1 Å². The molecule has 27 heavy (non-hydrogen) atoms. The van der Waals surface area contributed by atoms with Crippen molar-refractivity contribution < 1.29 is 9.53 Å². The molecule has 0 saturated carbocycles. The third-order valence-corrected chi connectivity index (χ3v) is 5.64. The molecule has 0 spiro atoms. The first-order chi connectivity index (χ1) is 13.3. The highest BCUT2D eigenvalue weighted by Gasteiger charge is 2.37. The Morgan fingerprint density at radius 2 is 2.19 bits per heavy atom. The number of thiazole rings is 1. The molecule has 0 unspecified atom stereocenters. The van der Waals surface area contributed by atoms with E-state index in [0.29, 0.717) is 19.6 Å². The zero-order valence-electron chi connectivity index (χ0n) is 15.2. The van der Waals surface area contributed by atoms with Gasteiger partial charge in [-0.3, -0.25) is 9.48 Å². The summed E-state index contributed by atoms with van der Waals surface area (Å²) >= 11 is 1.46. The molecule has 0 aliphatic carbocycles. The van der Waals surface area contributed by atoms with Crippen LogP contribution in [-0.2, 0) is 22.5 Å². The van der Waals surface area contributed by atoms with Gasteiger partial charge in [0.2, 0.25) is 5.91 Å². The summed E-state index contributed by atoms with van der Waals surface area (Å²) in [5, 5.41) is 8.34. The smallest absolute Gasteiger partial charge is 0.231 e. The Balaban J connectivity index is 1.52. The van der Waals surface area contributed by atoms with Crippen molar-refractivity contribution in [2.75, 3.05) is 11.9 Å². The van der Waals surface area contributed by atoms with Crippen LogP contribution in [-0.4, -0.2) is 27.3 Å². The van der Waals surface area contributed by atoms with Gasteiger partial charge in [0.1, 0.15) is 11.1 Å². The summed E-state index contributed by atoms with van der Waals surface area (Å²) in [6, 6.07) is 12.1. The normalized spacial score (nSPS) is 19.3. The summed E-state index contributed by atoms with van der Waals surface area (Å²) < 4.78 is 7.88. The van der Waals surface area contributed by atoms with E-state index in [9.17, 15) is 4.79 Å². The molecule has 1 aliphatic heterocycles. The first-order valence-electron chi connectivity index (χ1n) is 9.16. The van der Waals surface area contributed by atoms with E-state index in [2.05, 4.69) is 27.5 Å². The van der Waals surface area contributed by atoms with Crippen molar-refractivity contribution in [3.8, 4) is 0 Å². The van der Waals surface area contributed by atoms with Crippen LogP contribution in [0.1, 0.15) is 36.4 Å². The van der Waals surface area contributed by atoms with Crippen molar-refractivity contribution in [2.45, 2.75) is 32.4 Å². The maximum absolute atomic E-state index is 12.9. The molecule has 1 saturated heterocycles. The fraction of sp³-hybridized carbons (Fsp3) is 0.350. The van der Waals surface area contributed by atoms with Gasteiger partial charge >= 0.3 is 0 Å². The lowest BCUT2D eigenvalue weighted by atomic mass is 9.98. The van der Waals surface area contributed by atoms with Crippen LogP contribution in [0.25, 0.3) is 0 Å². The fourth-order valence-electron chi connectivity index (χ4n) is 3.45. The van der Waals surface area contributed by atoms with E-state index < -0.39 is 0 Å². The highest BCUT2D eigenvalue weighted by molar-refractivity contribution is 7.14. The predicted octanol–water partition coefficient (Wildman–Crippen LogP) is 3.67. The van der Waals surface area contributed by atoms with E-state index in [4.69, 9.17) is 4.74 Å². The summed E-state index contributed by atoms with van der Waals surface area (Å²) in [5.41, 5.74) is 4.81. The average molecular weight is 382 g/mol. The summed E-state index contributed by atoms with van der Waals surface area (Å²) in [7, 11) is 0. The molecule has 4 rings (SSSR count). The molecule has 7 heteroatoms. The molecule has 140 valence electrons. The Hall–Kier alpha value is -2.51. The maximum Gasteiger partial charge on any atom is 0.231 e. The first-order valence-corrected chi connectivity index (χ1v) is 10.0. The Morgan fingerprint density at radius 3 is 3.00 bits per heavy atom. The number of ether oxygens (including phenoxy) is 1. The quantitative estimate of drug-likeness (QED) is 0.706. The molecule has 1 amide bonds. The Labute approximate surface area is 162 Å². The lowest BCUT2D eigenvalue weighted by molar-refractivity contribution is -0.121. The molecule has 1 fully saturated rings. The van der Waals surface area contributed by atoms with Gasteiger partial charge in [0.15, 0.2) is 0 Å². The Kier molecular flexibility index (Phi) is 5.31. The molecular formula is C20H22N4O2S. The molecule has 2 atom stereocenters. The predicted molar refractivity (Wildman–Crippen MR) is 105 cm³/mol. The van der Waals surface area contributed by atoms with Crippen LogP contribution >= 0.6 is 11.3 Å². The number of nitrogens with one attached hydrogen (secondary N) is 1. The van der Waals surface area contributed by atoms with Crippen LogP contribution in [0.3, 0.4) is 0 Å². The van der Waals surface area contributed by atoms with Crippen molar-refractivity contribution >= 4 is 22.2 Å². The average Bonchev–Trinajstić information content (AvgIpc) is 3.42. The van der Waals surface area contributed by atoms with E-state index in [1.165, 1.54) is 16.9 Å². The number of hydrogen-bond acceptors (Lipinski definition) is 5. The van der Waals surface area contributed by atoms with Crippen LogP contribution in [0.2, 0.25) is 0 Å². The van der Waals surface area contributed by atoms with Crippen LogP contribution < -0.4 is 5.32 Å². The second-order valence-corrected chi connectivity index (χ2v) is 7.41. The van der Waals surface area contributed by atoms with Gasteiger partial charge in [0.25, 0.3) is 0 Å². The zero-order chi connectivity index (χ0) is 18.6. The van der Waals surface area contributed by atoms with E-state index >= 15 is 0 Å². The van der Waals surface area contributed by atoms with E-state index in [-0.39, 0.29) is 17.9 Å². The molecule has 0 bridgehead atoms. The van der Waals surface area contributed by atoms with Crippen LogP contribution in [0, 0.1) is 5.92 Å². The van der Waals surface area contributed by atoms with Gasteiger partial charge in [0, 0.05) is 12.8 Å². The molecule has 3 aromatic rings. The highest BCUT2D eigenvalue weighted by Crippen LogP contribution is 2.36. The summed E-state index contributed by atoms with van der Waals surface area (Å²) in [6.45, 7) is 3.27. The highest BCUT2D eigenvalue weighted by atomic mass is 32.1. The SMILES string of the molecule is CCc1ncsc1NC(=O)[C@H]1CCO[C@@H]1c1ccnn1Cc1ccccc1. The topological polar surface area (TPSA) is 69.0 Å². The molecule has 3 heterocycles. The van der Waals surface area contributed by atoms with Crippen LogP contribution in [0.4, 0.5) is 5.00 Å². The number of nitrogens with zero attached hydrogens (tertiary/aromatic N) is 3. The maximum atomic E-state index is 12.9. The summed E-state index contributed by atoms with van der Waals surface area (Å²) in [5.74, 6) is -0.244. The lowest BCUT2D eigenvalue weighted by Gasteiger charge is -2.19. The Bertz CT molecular complexity index is 906. The van der Waals surface area contributed by atoms with Crippen molar-refractivity contribution in [1.82, 2.24) is 14.8 Å². The van der Waals surface area contributed by atoms with Gasteiger partial charge in [-0.15, -0.1) is 11.3 Å². The standard InChI is InChI=1S/C20H22N4O2S/c1-2-16-20(27-13-21-16)23-19(25)15-9-11-26-18(15)17-8-10-22-24(17)12-14-6-4-3-5-7-14/h3-8,10,13,15,18H,2,9,11-12H2,1H3,(H,23,25)/t15-,18-/m0/s1. The summed E-state index contributed by atoms with van der Waals surface area (Å²) in [4.78, 5) is 17.2. The lowest BCUT2D eigenvalue weighted by Crippen LogP contribution is -2.26. The van der Waals surface area contributed by atoms with E-state index in [1.54, 1.807) is 11.7 Å². The second-order valence-electron chi connectivity index (χ2n) is 6.56. The second kappa shape index (κ2) is 8.02. The van der Waals surface area contributed by atoms with Crippen LogP contribution in [0.15, 0.2) is 48.1 Å². The zero-order valence-corrected chi connectivity index (χ0v) is 16.0. The number of rotatable bonds is 6. The molecule has 0 radical (unpaired) electrons. The largest absolute Gasteiger partial charge is 0.371 e. The minimum Gasteiger partial charge on any atom is -0.371 e. The summed E-state index contributed by atoms with van der Waals surface area (Å²) in [6.07, 6.45) is 2.99. The number of hydrogen-bond donors (Lipinski definition) is 1. The molecule has 1 aromatic carbocycles. The Morgan fingerprint density at radius 1 is 1.33 bits per heavy atom. The third-order valence-electron chi connectivity index (χ3n) is 4.86. The number of amides is 1. The number of anilines is 1. The molecule has 1 N–H and O–H groups in total. The van der Waals surface area contributed by atoms with Gasteiger partial charge in [0.05, 0.1) is 29.4 Å². The monoisotopic (exact) mass is 382 g/mol. The van der Waals surface area contributed by atoms with Crippen molar-refractivity contribution in [2.24, 2.45) is 5.92 Å². The van der Waals surface area contributed by atoms with Crippen molar-refractivity contribution in [1.29, 1.82) is 0 Å². The molecule has 1 aliphatic rings. The molecule has 6 nitrogen and oxygen atoms in total. The molecular weight excluding hydrogens is 360 g/mol. The minimum atomic E-state index is -0.283. The first kappa shape index (κ1) is 17.9. The minimum absolute atomic E-state index is 0.0103. The van der Waals surface area contributed by atoms with Gasteiger partial charge in [-0.25, -0.2) is 4.98 Å². The number of aryl methyl sites for hydroxylation is 1. The number of aromatic nitrogens is 3. The fourth-order valence-corrected chi connectivity index (χ4v) is 4.23. The number of benzene rings is 1. The number of carbonyl (C=O) groups excluding carboxylic acids is 1. The van der Waals surface area contributed by atoms with Crippen molar-refractivity contribution in [3.05, 3.63) is 65.1 Å². The van der Waals surface area contributed by atoms with Crippen molar-refractivity contribution in [3.63, 3.8) is 0 Å². The van der Waals surface area contributed by atoms with Gasteiger partial charge in [-0.1, -0.05) is 37.3 Å². The van der Waals surface area contributed by atoms with Crippen LogP contribution in [0.5, 0.6) is 0 Å². The van der Waals surface area contributed by atoms with Gasteiger partial charge in [-0.05, 0) is 24.5 Å². The van der Waals surface area contributed by atoms with E-state index in [1.807, 2.05) is 35.9 Å².